The van der Waals surface area contributed by atoms with E-state index in [1.807, 2.05) is 48.4 Å². The second-order valence-electron chi connectivity index (χ2n) is 9.61. The number of aliphatic hydroxyl groups is 1. The zero-order valence-corrected chi connectivity index (χ0v) is 20.6. The number of β-amino-alcohol motifs (C(OH)–C–C–N with tert-alkyl or cyclic N) is 1. The van der Waals surface area contributed by atoms with Crippen molar-refractivity contribution in [3.63, 3.8) is 0 Å². The Morgan fingerprint density at radius 1 is 1.25 bits per heavy atom. The first-order valence-corrected chi connectivity index (χ1v) is 12.4. The van der Waals surface area contributed by atoms with Gasteiger partial charge in [-0.25, -0.2) is 20.1 Å². The largest absolute Gasteiger partial charge is 0.390 e. The summed E-state index contributed by atoms with van der Waals surface area (Å²) < 4.78 is 1.68. The molecule has 0 saturated carbocycles. The summed E-state index contributed by atoms with van der Waals surface area (Å²) in [6, 6.07) is 10.0. The van der Waals surface area contributed by atoms with E-state index in [-0.39, 0.29) is 12.1 Å². The van der Waals surface area contributed by atoms with Crippen molar-refractivity contribution in [1.29, 1.82) is 0 Å². The molecule has 0 radical (unpaired) electrons. The van der Waals surface area contributed by atoms with E-state index in [0.717, 1.165) is 29.2 Å². The van der Waals surface area contributed by atoms with Crippen molar-refractivity contribution in [3.05, 3.63) is 60.0 Å². The van der Waals surface area contributed by atoms with E-state index in [2.05, 4.69) is 38.5 Å². The van der Waals surface area contributed by atoms with Gasteiger partial charge in [0.05, 0.1) is 18.2 Å². The minimum absolute atomic E-state index is 0.110. The minimum Gasteiger partial charge on any atom is -0.390 e. The summed E-state index contributed by atoms with van der Waals surface area (Å²) in [5, 5.41) is 21.4. The van der Waals surface area contributed by atoms with Crippen molar-refractivity contribution in [2.45, 2.75) is 51.5 Å². The quantitative estimate of drug-likeness (QED) is 0.330. The molecule has 0 aromatic carbocycles. The van der Waals surface area contributed by atoms with Crippen molar-refractivity contribution < 1.29 is 9.90 Å². The van der Waals surface area contributed by atoms with Crippen LogP contribution in [0.4, 0.5) is 11.6 Å². The number of pyridine rings is 2. The molecule has 5 heterocycles. The number of carbonyl (C=O) groups is 1. The van der Waals surface area contributed by atoms with E-state index in [1.165, 1.54) is 0 Å². The molecule has 0 bridgehead atoms. The molecule has 5 rings (SSSR count). The summed E-state index contributed by atoms with van der Waals surface area (Å²) in [7, 11) is 0. The second kappa shape index (κ2) is 10.6. The fourth-order valence-corrected chi connectivity index (χ4v) is 4.70. The number of hydrogen-bond donors (Lipinski definition) is 5. The molecule has 11 nitrogen and oxygen atoms in total. The Hall–Kier alpha value is -3.54. The maximum atomic E-state index is 12.8. The Morgan fingerprint density at radius 2 is 2.14 bits per heavy atom. The summed E-state index contributed by atoms with van der Waals surface area (Å²) in [5.74, 6) is 1.70. The van der Waals surface area contributed by atoms with Gasteiger partial charge in [0.15, 0.2) is 5.82 Å². The Balaban J connectivity index is 1.15. The van der Waals surface area contributed by atoms with Crippen molar-refractivity contribution in [2.75, 3.05) is 23.3 Å². The van der Waals surface area contributed by atoms with Crippen LogP contribution in [0.25, 0.3) is 5.82 Å². The highest BCUT2D eigenvalue weighted by Crippen LogP contribution is 2.25. The first-order valence-electron chi connectivity index (χ1n) is 12.4. The van der Waals surface area contributed by atoms with Gasteiger partial charge in [-0.1, -0.05) is 6.07 Å². The molecule has 3 aromatic heterocycles. The van der Waals surface area contributed by atoms with E-state index in [0.29, 0.717) is 37.9 Å². The van der Waals surface area contributed by atoms with Crippen LogP contribution in [0.15, 0.2) is 48.9 Å². The lowest BCUT2D eigenvalue weighted by atomic mass is 9.92. The van der Waals surface area contributed by atoms with Gasteiger partial charge in [0.2, 0.25) is 5.91 Å². The first kappa shape index (κ1) is 24.2. The van der Waals surface area contributed by atoms with Gasteiger partial charge >= 0.3 is 0 Å². The second-order valence-corrected chi connectivity index (χ2v) is 9.61. The molecule has 5 N–H and O–H groups in total. The van der Waals surface area contributed by atoms with Gasteiger partial charge in [0, 0.05) is 44.3 Å². The highest BCUT2D eigenvalue weighted by atomic mass is 16.3. The van der Waals surface area contributed by atoms with E-state index < -0.39 is 12.0 Å². The lowest BCUT2D eigenvalue weighted by molar-refractivity contribution is -0.129. The standard InChI is InChI=1S/C25H33N9O2/c1-16-10-21(29-22-12-17(2)31-32-22)30-24(11-16)33-9-6-19(20(35)15-33)25(36)27-14-18-4-5-23(26-13-18)34-8-3-7-28-34/h3-5,7-8,10-11,13,17,19-20,22,31-32,35H,6,9,12,14-15H2,1-2H3,(H,27,36)(H,29,30)/t17?,19-,20+,22?/m1/s1. The average Bonchev–Trinajstić information content (AvgIpc) is 3.54. The topological polar surface area (TPSA) is 132 Å². The molecule has 190 valence electrons. The molecule has 0 aliphatic carbocycles. The summed E-state index contributed by atoms with van der Waals surface area (Å²) in [5.41, 5.74) is 8.40. The normalized spacial score (nSPS) is 24.0. The molecule has 2 saturated heterocycles. The smallest absolute Gasteiger partial charge is 0.226 e. The van der Waals surface area contributed by atoms with Gasteiger partial charge in [-0.05, 0) is 62.1 Å². The maximum Gasteiger partial charge on any atom is 0.226 e. The van der Waals surface area contributed by atoms with E-state index in [4.69, 9.17) is 4.98 Å². The zero-order chi connectivity index (χ0) is 25.1. The molecular formula is C25H33N9O2. The molecular weight excluding hydrogens is 458 g/mol. The number of rotatable bonds is 7. The number of hydrogen-bond acceptors (Lipinski definition) is 9. The lowest BCUT2D eigenvalue weighted by Crippen LogP contribution is -2.49. The predicted octanol–water partition coefficient (Wildman–Crippen LogP) is 1.10. The van der Waals surface area contributed by atoms with Crippen LogP contribution in [-0.2, 0) is 11.3 Å². The molecule has 2 aliphatic heterocycles. The van der Waals surface area contributed by atoms with Crippen LogP contribution in [0, 0.1) is 12.8 Å². The fourth-order valence-electron chi connectivity index (χ4n) is 4.70. The summed E-state index contributed by atoms with van der Waals surface area (Å²) in [6.07, 6.45) is 6.08. The third-order valence-corrected chi connectivity index (χ3v) is 6.63. The van der Waals surface area contributed by atoms with Crippen molar-refractivity contribution >= 4 is 17.5 Å². The Bertz CT molecular complexity index is 1170. The summed E-state index contributed by atoms with van der Waals surface area (Å²) in [4.78, 5) is 24.1. The van der Waals surface area contributed by atoms with Crippen molar-refractivity contribution in [2.24, 2.45) is 5.92 Å². The third kappa shape index (κ3) is 5.64. The molecule has 1 amide bonds. The number of aryl methyl sites for hydroxylation is 1. The first-order chi connectivity index (χ1) is 17.4. The van der Waals surface area contributed by atoms with Crippen LogP contribution in [0.5, 0.6) is 0 Å². The molecule has 2 unspecified atom stereocenters. The van der Waals surface area contributed by atoms with Crippen LogP contribution in [0.2, 0.25) is 0 Å². The minimum atomic E-state index is -0.778. The highest BCUT2D eigenvalue weighted by molar-refractivity contribution is 5.79. The average molecular weight is 492 g/mol. The molecule has 2 fully saturated rings. The number of hydrazine groups is 1. The van der Waals surface area contributed by atoms with Gasteiger partial charge in [-0.15, -0.1) is 0 Å². The van der Waals surface area contributed by atoms with Crippen molar-refractivity contribution in [1.82, 2.24) is 35.9 Å². The summed E-state index contributed by atoms with van der Waals surface area (Å²) in [6.45, 7) is 5.52. The van der Waals surface area contributed by atoms with Crippen LogP contribution in [-0.4, -0.2) is 62.2 Å². The molecule has 36 heavy (non-hydrogen) atoms. The number of nitrogens with one attached hydrogen (secondary N) is 4. The van der Waals surface area contributed by atoms with Crippen LogP contribution in [0.3, 0.4) is 0 Å². The molecule has 4 atom stereocenters. The molecule has 11 heteroatoms. The Labute approximate surface area is 210 Å². The van der Waals surface area contributed by atoms with E-state index >= 15 is 0 Å². The van der Waals surface area contributed by atoms with Crippen LogP contribution in [0.1, 0.15) is 30.9 Å². The fraction of sp³-hybridized carbons (Fsp3) is 0.440. The van der Waals surface area contributed by atoms with Gasteiger partial charge in [0.25, 0.3) is 0 Å². The van der Waals surface area contributed by atoms with E-state index in [1.54, 1.807) is 17.1 Å². The summed E-state index contributed by atoms with van der Waals surface area (Å²) >= 11 is 0. The number of nitrogens with zero attached hydrogens (tertiary/aromatic N) is 5. The van der Waals surface area contributed by atoms with Gasteiger partial charge in [-0.2, -0.15) is 5.10 Å². The van der Waals surface area contributed by atoms with Gasteiger partial charge in [0.1, 0.15) is 11.6 Å². The lowest BCUT2D eigenvalue weighted by Gasteiger charge is -2.36. The van der Waals surface area contributed by atoms with E-state index in [9.17, 15) is 9.90 Å². The molecule has 0 spiro atoms. The van der Waals surface area contributed by atoms with Crippen LogP contribution < -0.4 is 26.4 Å². The van der Waals surface area contributed by atoms with Gasteiger partial charge < -0.3 is 20.6 Å². The van der Waals surface area contributed by atoms with Crippen molar-refractivity contribution in [3.8, 4) is 5.82 Å². The number of amides is 1. The number of carbonyl (C=O) groups excluding carboxylic acids is 1. The highest BCUT2D eigenvalue weighted by Gasteiger charge is 2.33. The maximum absolute atomic E-state index is 12.8. The molecule has 2 aliphatic rings. The molecule has 3 aromatic rings. The number of aliphatic hydroxyl groups excluding tert-OH is 1. The number of aromatic nitrogens is 4. The predicted molar refractivity (Wildman–Crippen MR) is 136 cm³/mol. The number of piperidine rings is 1. The SMILES string of the molecule is Cc1cc(NC2CC(C)NN2)nc(N2CC[C@@H](C(=O)NCc3ccc(-n4cccn4)nc3)[C@@H](O)C2)c1. The van der Waals surface area contributed by atoms with Crippen LogP contribution >= 0.6 is 0 Å². The third-order valence-electron chi connectivity index (χ3n) is 6.63. The Kier molecular flexibility index (Phi) is 7.12. The monoisotopic (exact) mass is 491 g/mol. The van der Waals surface area contributed by atoms with Gasteiger partial charge in [-0.3, -0.25) is 10.2 Å². The number of anilines is 2. The Morgan fingerprint density at radius 3 is 2.83 bits per heavy atom. The zero-order valence-electron chi connectivity index (χ0n) is 20.6.